The second-order valence-corrected chi connectivity index (χ2v) is 4.31. The van der Waals surface area contributed by atoms with Crippen LogP contribution in [0.15, 0.2) is 47.3 Å². The number of carbonyl (C=O) groups is 1. The predicted molar refractivity (Wildman–Crippen MR) is 75.3 cm³/mol. The Morgan fingerprint density at radius 2 is 1.95 bits per heavy atom. The SMILES string of the molecule is CC[C@@H](C(=O)OC)n1nc(-c2ccccc2)ccc1=O. The Morgan fingerprint density at radius 3 is 2.55 bits per heavy atom. The Hall–Kier alpha value is -2.43. The quantitative estimate of drug-likeness (QED) is 0.799. The first-order valence-corrected chi connectivity index (χ1v) is 6.40. The molecule has 20 heavy (non-hydrogen) atoms. The average Bonchev–Trinajstić information content (AvgIpc) is 2.50. The standard InChI is InChI=1S/C15H16N2O3/c1-3-13(15(19)20-2)17-14(18)10-9-12(16-17)11-7-5-4-6-8-11/h4-10,13H,3H2,1-2H3/t13-/m0/s1. The third-order valence-corrected chi connectivity index (χ3v) is 3.05. The number of rotatable bonds is 4. The molecule has 0 unspecified atom stereocenters. The summed E-state index contributed by atoms with van der Waals surface area (Å²) in [5.41, 5.74) is 1.22. The number of hydrogen-bond donors (Lipinski definition) is 0. The van der Waals surface area contributed by atoms with Crippen LogP contribution < -0.4 is 5.56 Å². The van der Waals surface area contributed by atoms with Gasteiger partial charge in [0.1, 0.15) is 0 Å². The zero-order valence-electron chi connectivity index (χ0n) is 11.4. The summed E-state index contributed by atoms with van der Waals surface area (Å²) in [4.78, 5) is 23.6. The van der Waals surface area contributed by atoms with Crippen LogP contribution in [0.1, 0.15) is 19.4 Å². The summed E-state index contributed by atoms with van der Waals surface area (Å²) in [6.07, 6.45) is 0.442. The lowest BCUT2D eigenvalue weighted by Crippen LogP contribution is -2.32. The molecule has 0 aliphatic carbocycles. The third kappa shape index (κ3) is 2.77. The number of benzene rings is 1. The minimum absolute atomic E-state index is 0.318. The van der Waals surface area contributed by atoms with Crippen LogP contribution in [0, 0.1) is 0 Å². The molecule has 0 radical (unpaired) electrons. The molecule has 0 spiro atoms. The van der Waals surface area contributed by atoms with Crippen LogP contribution in [0.2, 0.25) is 0 Å². The van der Waals surface area contributed by atoms with Gasteiger partial charge in [0.15, 0.2) is 6.04 Å². The van der Waals surface area contributed by atoms with E-state index in [2.05, 4.69) is 5.10 Å². The van der Waals surface area contributed by atoms with Gasteiger partial charge in [-0.1, -0.05) is 37.3 Å². The number of nitrogens with zero attached hydrogens (tertiary/aromatic N) is 2. The van der Waals surface area contributed by atoms with Crippen molar-refractivity contribution in [1.29, 1.82) is 0 Å². The molecule has 5 heteroatoms. The molecule has 2 rings (SSSR count). The Morgan fingerprint density at radius 1 is 1.25 bits per heavy atom. The molecule has 1 atom stereocenters. The number of ether oxygens (including phenoxy) is 1. The van der Waals surface area contributed by atoms with E-state index >= 15 is 0 Å². The third-order valence-electron chi connectivity index (χ3n) is 3.05. The number of aromatic nitrogens is 2. The second kappa shape index (κ2) is 6.14. The highest BCUT2D eigenvalue weighted by Gasteiger charge is 2.21. The minimum Gasteiger partial charge on any atom is -0.467 e. The Balaban J connectivity index is 2.49. The van der Waals surface area contributed by atoms with Crippen LogP contribution in [-0.4, -0.2) is 22.9 Å². The van der Waals surface area contributed by atoms with E-state index in [0.717, 1.165) is 5.56 Å². The van der Waals surface area contributed by atoms with Crippen molar-refractivity contribution in [3.05, 3.63) is 52.8 Å². The van der Waals surface area contributed by atoms with Crippen molar-refractivity contribution < 1.29 is 9.53 Å². The monoisotopic (exact) mass is 272 g/mol. The summed E-state index contributed by atoms with van der Waals surface area (Å²) >= 11 is 0. The molecule has 0 fully saturated rings. The van der Waals surface area contributed by atoms with Gasteiger partial charge < -0.3 is 4.74 Å². The van der Waals surface area contributed by atoms with Crippen LogP contribution in [0.3, 0.4) is 0 Å². The molecule has 1 heterocycles. The van der Waals surface area contributed by atoms with Crippen molar-refractivity contribution in [3.63, 3.8) is 0 Å². The van der Waals surface area contributed by atoms with Gasteiger partial charge in [-0.15, -0.1) is 0 Å². The molecule has 104 valence electrons. The molecule has 0 aliphatic heterocycles. The maximum atomic E-state index is 11.9. The van der Waals surface area contributed by atoms with E-state index in [9.17, 15) is 9.59 Å². The van der Waals surface area contributed by atoms with Crippen molar-refractivity contribution in [3.8, 4) is 11.3 Å². The van der Waals surface area contributed by atoms with E-state index in [1.165, 1.54) is 17.9 Å². The van der Waals surface area contributed by atoms with E-state index in [4.69, 9.17) is 4.74 Å². The van der Waals surface area contributed by atoms with E-state index in [0.29, 0.717) is 12.1 Å². The fourth-order valence-corrected chi connectivity index (χ4v) is 1.99. The number of methoxy groups -OCH3 is 1. The normalized spacial score (nSPS) is 11.9. The van der Waals surface area contributed by atoms with E-state index in [1.807, 2.05) is 37.3 Å². The average molecular weight is 272 g/mol. The van der Waals surface area contributed by atoms with Crippen LogP contribution in [0.4, 0.5) is 0 Å². The molecule has 0 N–H and O–H groups in total. The van der Waals surface area contributed by atoms with E-state index in [-0.39, 0.29) is 5.56 Å². The maximum absolute atomic E-state index is 11.9. The first kappa shape index (κ1) is 14.0. The summed E-state index contributed by atoms with van der Waals surface area (Å²) in [6, 6.07) is 11.9. The molecule has 0 saturated carbocycles. The maximum Gasteiger partial charge on any atom is 0.330 e. The molecular weight excluding hydrogens is 256 g/mol. The smallest absolute Gasteiger partial charge is 0.330 e. The van der Waals surface area contributed by atoms with Crippen LogP contribution in [-0.2, 0) is 9.53 Å². The fourth-order valence-electron chi connectivity index (χ4n) is 1.99. The molecule has 0 amide bonds. The Bertz CT molecular complexity index is 650. The Kier molecular flexibility index (Phi) is 4.30. The first-order valence-electron chi connectivity index (χ1n) is 6.40. The zero-order chi connectivity index (χ0) is 14.5. The summed E-state index contributed by atoms with van der Waals surface area (Å²) < 4.78 is 5.91. The molecule has 0 bridgehead atoms. The van der Waals surface area contributed by atoms with Gasteiger partial charge in [0.2, 0.25) is 0 Å². The van der Waals surface area contributed by atoms with Gasteiger partial charge in [-0.25, -0.2) is 9.48 Å². The molecular formula is C15H16N2O3. The van der Waals surface area contributed by atoms with E-state index in [1.54, 1.807) is 6.07 Å². The number of hydrogen-bond acceptors (Lipinski definition) is 4. The zero-order valence-corrected chi connectivity index (χ0v) is 11.4. The number of carbonyl (C=O) groups excluding carboxylic acids is 1. The summed E-state index contributed by atoms with van der Waals surface area (Å²) in [7, 11) is 1.30. The fraction of sp³-hybridized carbons (Fsp3) is 0.267. The van der Waals surface area contributed by atoms with Crippen LogP contribution >= 0.6 is 0 Å². The van der Waals surface area contributed by atoms with Gasteiger partial charge in [-0.3, -0.25) is 4.79 Å². The highest BCUT2D eigenvalue weighted by molar-refractivity contribution is 5.73. The summed E-state index contributed by atoms with van der Waals surface area (Å²) in [5, 5.41) is 4.29. The van der Waals surface area contributed by atoms with Gasteiger partial charge in [0.05, 0.1) is 12.8 Å². The van der Waals surface area contributed by atoms with Crippen LogP contribution in [0.25, 0.3) is 11.3 Å². The van der Waals surface area contributed by atoms with Gasteiger partial charge in [0.25, 0.3) is 5.56 Å². The lowest BCUT2D eigenvalue weighted by molar-refractivity contribution is -0.145. The number of esters is 1. The lowest BCUT2D eigenvalue weighted by atomic mass is 10.1. The van der Waals surface area contributed by atoms with Gasteiger partial charge in [-0.05, 0) is 12.5 Å². The van der Waals surface area contributed by atoms with Crippen LogP contribution in [0.5, 0.6) is 0 Å². The Labute approximate surface area is 116 Å². The van der Waals surface area contributed by atoms with Gasteiger partial charge in [0, 0.05) is 11.6 Å². The molecule has 0 aliphatic rings. The molecule has 1 aromatic carbocycles. The molecule has 5 nitrogen and oxygen atoms in total. The predicted octanol–water partition coefficient (Wildman–Crippen LogP) is 2.03. The van der Waals surface area contributed by atoms with Crippen molar-refractivity contribution in [1.82, 2.24) is 9.78 Å². The minimum atomic E-state index is -0.698. The van der Waals surface area contributed by atoms with E-state index < -0.39 is 12.0 Å². The summed E-state index contributed by atoms with van der Waals surface area (Å²) in [5.74, 6) is -0.465. The topological polar surface area (TPSA) is 61.2 Å². The van der Waals surface area contributed by atoms with Gasteiger partial charge >= 0.3 is 5.97 Å². The second-order valence-electron chi connectivity index (χ2n) is 4.31. The van der Waals surface area contributed by atoms with Crippen molar-refractivity contribution in [2.45, 2.75) is 19.4 Å². The highest BCUT2D eigenvalue weighted by Crippen LogP contribution is 2.16. The molecule has 0 saturated heterocycles. The lowest BCUT2D eigenvalue weighted by Gasteiger charge is -2.15. The highest BCUT2D eigenvalue weighted by atomic mass is 16.5. The first-order chi connectivity index (χ1) is 9.67. The molecule has 1 aromatic heterocycles. The van der Waals surface area contributed by atoms with Gasteiger partial charge in [-0.2, -0.15) is 5.10 Å². The van der Waals surface area contributed by atoms with Crippen molar-refractivity contribution >= 4 is 5.97 Å². The molecule has 2 aromatic rings. The van der Waals surface area contributed by atoms with Crippen molar-refractivity contribution in [2.24, 2.45) is 0 Å². The summed E-state index contributed by atoms with van der Waals surface area (Å²) in [6.45, 7) is 1.81. The van der Waals surface area contributed by atoms with Crippen molar-refractivity contribution in [2.75, 3.05) is 7.11 Å². The largest absolute Gasteiger partial charge is 0.467 e.